The molecule has 0 radical (unpaired) electrons. The average Bonchev–Trinajstić information content (AvgIpc) is 2.28. The predicted octanol–water partition coefficient (Wildman–Crippen LogP) is 2.66. The van der Waals surface area contributed by atoms with Crippen molar-refractivity contribution in [1.29, 1.82) is 0 Å². The summed E-state index contributed by atoms with van der Waals surface area (Å²) in [4.78, 5) is 0. The fourth-order valence-electron chi connectivity index (χ4n) is 1.42. The number of anilines is 1. The topological polar surface area (TPSA) is 38.0 Å². The molecular weight excluding hydrogens is 196 g/mol. The second-order valence-corrected chi connectivity index (χ2v) is 3.62. The number of allylic oxidation sites excluding steroid dienone is 3. The molecule has 0 aliphatic carbocycles. The molecule has 2 heteroatoms. The lowest BCUT2D eigenvalue weighted by molar-refractivity contribution is 1.03. The lowest BCUT2D eigenvalue weighted by Gasteiger charge is -2.05. The maximum Gasteiger partial charge on any atom is 0.0316 e. The average molecular weight is 214 g/mol. The van der Waals surface area contributed by atoms with Gasteiger partial charge in [0.15, 0.2) is 0 Å². The number of benzene rings is 1. The van der Waals surface area contributed by atoms with Crippen LogP contribution in [0.4, 0.5) is 5.69 Å². The van der Waals surface area contributed by atoms with E-state index in [1.165, 1.54) is 5.56 Å². The van der Waals surface area contributed by atoms with E-state index in [2.05, 4.69) is 24.5 Å². The minimum absolute atomic E-state index is 0.786. The third-order valence-electron chi connectivity index (χ3n) is 2.30. The van der Waals surface area contributed by atoms with Crippen molar-refractivity contribution in [3.05, 3.63) is 66.4 Å². The predicted molar refractivity (Wildman–Crippen MR) is 71.0 cm³/mol. The van der Waals surface area contributed by atoms with Gasteiger partial charge in [0.2, 0.25) is 0 Å². The van der Waals surface area contributed by atoms with E-state index in [1.807, 2.05) is 37.4 Å². The van der Waals surface area contributed by atoms with Crippen LogP contribution in [0.2, 0.25) is 0 Å². The van der Waals surface area contributed by atoms with Crippen LogP contribution in [0.15, 0.2) is 60.8 Å². The zero-order valence-corrected chi connectivity index (χ0v) is 9.66. The number of nitrogens with one attached hydrogen (secondary N) is 1. The molecule has 0 aliphatic heterocycles. The van der Waals surface area contributed by atoms with E-state index >= 15 is 0 Å². The zero-order valence-electron chi connectivity index (χ0n) is 9.66. The molecule has 0 saturated carbocycles. The van der Waals surface area contributed by atoms with Crippen LogP contribution in [0.25, 0.3) is 0 Å². The number of hydrogen-bond acceptors (Lipinski definition) is 2. The van der Waals surface area contributed by atoms with Gasteiger partial charge in [0, 0.05) is 18.4 Å². The van der Waals surface area contributed by atoms with Gasteiger partial charge in [-0.2, -0.15) is 0 Å². The fraction of sp³-hybridized carbons (Fsp3) is 0.143. The highest BCUT2D eigenvalue weighted by Crippen LogP contribution is 2.13. The number of hydrogen-bond donors (Lipinski definition) is 2. The van der Waals surface area contributed by atoms with Crippen molar-refractivity contribution >= 4 is 5.69 Å². The summed E-state index contributed by atoms with van der Waals surface area (Å²) >= 11 is 0. The van der Waals surface area contributed by atoms with Crippen LogP contribution in [0.5, 0.6) is 0 Å². The summed E-state index contributed by atoms with van der Waals surface area (Å²) in [5.74, 6) is 0. The van der Waals surface area contributed by atoms with Gasteiger partial charge < -0.3 is 11.1 Å². The molecular formula is C14H18N2. The van der Waals surface area contributed by atoms with Crippen LogP contribution in [-0.4, -0.2) is 7.05 Å². The maximum atomic E-state index is 5.73. The van der Waals surface area contributed by atoms with Crippen molar-refractivity contribution in [2.75, 3.05) is 12.8 Å². The van der Waals surface area contributed by atoms with Crippen LogP contribution in [-0.2, 0) is 6.42 Å². The molecule has 1 rings (SSSR count). The van der Waals surface area contributed by atoms with Crippen molar-refractivity contribution in [3.8, 4) is 0 Å². The molecule has 1 aromatic rings. The molecule has 0 aromatic heterocycles. The molecule has 2 nitrogen and oxygen atoms in total. The zero-order chi connectivity index (χ0) is 12.0. The van der Waals surface area contributed by atoms with Crippen molar-refractivity contribution < 1.29 is 0 Å². The van der Waals surface area contributed by atoms with Crippen molar-refractivity contribution in [2.45, 2.75) is 6.42 Å². The smallest absolute Gasteiger partial charge is 0.0316 e. The normalized spacial score (nSPS) is 10.9. The largest absolute Gasteiger partial charge is 0.399 e. The molecule has 0 heterocycles. The molecule has 3 N–H and O–H groups in total. The molecule has 0 saturated heterocycles. The molecule has 0 aliphatic rings. The highest BCUT2D eigenvalue weighted by Gasteiger charge is 1.97. The molecule has 16 heavy (non-hydrogen) atoms. The third-order valence-corrected chi connectivity index (χ3v) is 2.30. The van der Waals surface area contributed by atoms with Gasteiger partial charge in [-0.15, -0.1) is 0 Å². The summed E-state index contributed by atoms with van der Waals surface area (Å²) < 4.78 is 0. The first kappa shape index (κ1) is 12.1. The van der Waals surface area contributed by atoms with Gasteiger partial charge in [0.1, 0.15) is 0 Å². The molecule has 0 amide bonds. The van der Waals surface area contributed by atoms with Crippen LogP contribution < -0.4 is 11.1 Å². The van der Waals surface area contributed by atoms with E-state index in [0.717, 1.165) is 23.4 Å². The first-order valence-corrected chi connectivity index (χ1v) is 5.19. The van der Waals surface area contributed by atoms with Crippen LogP contribution in [0.1, 0.15) is 5.56 Å². The quantitative estimate of drug-likeness (QED) is 0.584. The number of rotatable bonds is 5. The first-order valence-electron chi connectivity index (χ1n) is 5.19. The number of likely N-dealkylation sites (N-methyl/N-ethyl adjacent to an activating group) is 1. The number of nitrogens with two attached hydrogens (primary N) is 1. The van der Waals surface area contributed by atoms with Gasteiger partial charge in [-0.1, -0.05) is 31.4 Å². The van der Waals surface area contributed by atoms with E-state index in [1.54, 1.807) is 0 Å². The van der Waals surface area contributed by atoms with Gasteiger partial charge in [-0.05, 0) is 35.8 Å². The van der Waals surface area contributed by atoms with Crippen molar-refractivity contribution in [3.63, 3.8) is 0 Å². The number of nitrogen functional groups attached to an aromatic ring is 1. The Morgan fingerprint density at radius 2 is 2.25 bits per heavy atom. The molecule has 0 spiro atoms. The summed E-state index contributed by atoms with van der Waals surface area (Å²) in [6.07, 6.45) is 4.64. The second-order valence-electron chi connectivity index (χ2n) is 3.62. The summed E-state index contributed by atoms with van der Waals surface area (Å²) in [7, 11) is 1.85. The second kappa shape index (κ2) is 5.81. The van der Waals surface area contributed by atoms with Crippen molar-refractivity contribution in [2.24, 2.45) is 0 Å². The molecule has 84 valence electrons. The van der Waals surface area contributed by atoms with Crippen LogP contribution >= 0.6 is 0 Å². The van der Waals surface area contributed by atoms with E-state index < -0.39 is 0 Å². The Morgan fingerprint density at radius 3 is 2.81 bits per heavy atom. The van der Waals surface area contributed by atoms with Gasteiger partial charge in [-0.25, -0.2) is 0 Å². The Kier molecular flexibility index (Phi) is 4.40. The summed E-state index contributed by atoms with van der Waals surface area (Å²) in [5.41, 5.74) is 9.68. The van der Waals surface area contributed by atoms with E-state index in [9.17, 15) is 0 Å². The Balaban J connectivity index is 2.82. The van der Waals surface area contributed by atoms with Crippen LogP contribution in [0, 0.1) is 0 Å². The third kappa shape index (κ3) is 3.65. The van der Waals surface area contributed by atoms with E-state index in [4.69, 9.17) is 5.73 Å². The van der Waals surface area contributed by atoms with Crippen LogP contribution in [0.3, 0.4) is 0 Å². The highest BCUT2D eigenvalue weighted by molar-refractivity contribution is 5.43. The Bertz CT molecular complexity index is 416. The first-order chi connectivity index (χ1) is 7.65. The fourth-order valence-corrected chi connectivity index (χ4v) is 1.42. The molecule has 1 aromatic carbocycles. The lowest BCUT2D eigenvalue weighted by Crippen LogP contribution is -2.02. The Labute approximate surface area is 97.2 Å². The maximum absolute atomic E-state index is 5.73. The van der Waals surface area contributed by atoms with Gasteiger partial charge in [-0.3, -0.25) is 0 Å². The minimum Gasteiger partial charge on any atom is -0.399 e. The summed E-state index contributed by atoms with van der Waals surface area (Å²) in [6, 6.07) is 7.86. The minimum atomic E-state index is 0.786. The van der Waals surface area contributed by atoms with E-state index in [-0.39, 0.29) is 0 Å². The Morgan fingerprint density at radius 1 is 1.50 bits per heavy atom. The molecule has 0 unspecified atom stereocenters. The van der Waals surface area contributed by atoms with Gasteiger partial charge >= 0.3 is 0 Å². The molecule has 0 fully saturated rings. The SMILES string of the molecule is C=C/C(=C\C(=C)NC)Cc1cccc(N)c1. The molecule has 0 bridgehead atoms. The summed E-state index contributed by atoms with van der Waals surface area (Å²) in [5, 5.41) is 2.98. The lowest BCUT2D eigenvalue weighted by atomic mass is 10.0. The van der Waals surface area contributed by atoms with Crippen molar-refractivity contribution in [1.82, 2.24) is 5.32 Å². The van der Waals surface area contributed by atoms with E-state index in [0.29, 0.717) is 0 Å². The van der Waals surface area contributed by atoms with Gasteiger partial charge in [0.05, 0.1) is 0 Å². The summed E-state index contributed by atoms with van der Waals surface area (Å²) in [6.45, 7) is 7.66. The standard InChI is InChI=1S/C14H18N2/c1-4-12(8-11(2)16-3)9-13-6-5-7-14(15)10-13/h4-8,10,16H,1-2,9,15H2,3H3/b12-8+. The van der Waals surface area contributed by atoms with Gasteiger partial charge in [0.25, 0.3) is 0 Å². The molecule has 0 atom stereocenters. The Hall–Kier alpha value is -1.96. The highest BCUT2D eigenvalue weighted by atomic mass is 14.8. The monoisotopic (exact) mass is 214 g/mol.